The van der Waals surface area contributed by atoms with Crippen molar-refractivity contribution in [3.05, 3.63) is 45.6 Å². The highest BCUT2D eigenvalue weighted by molar-refractivity contribution is 7.12. The van der Waals surface area contributed by atoms with E-state index in [1.165, 1.54) is 11.3 Å². The van der Waals surface area contributed by atoms with Crippen LogP contribution in [-0.2, 0) is 6.54 Å². The first-order chi connectivity index (χ1) is 12.5. The number of likely N-dealkylation sites (tertiary alicyclic amines) is 1. The molecule has 3 heterocycles. The SMILES string of the molecule is COc1ccc2c(c1)OCC1(CO)CN(Cc3csc(C(C)=O)c3)CC21. The van der Waals surface area contributed by atoms with Gasteiger partial charge in [0.25, 0.3) is 0 Å². The van der Waals surface area contributed by atoms with Crippen LogP contribution in [0, 0.1) is 5.41 Å². The number of ketones is 1. The molecule has 2 aliphatic heterocycles. The predicted octanol–water partition coefficient (Wildman–Crippen LogP) is 2.93. The van der Waals surface area contributed by atoms with Crippen molar-refractivity contribution in [2.24, 2.45) is 5.41 Å². The first-order valence-corrected chi connectivity index (χ1v) is 9.65. The summed E-state index contributed by atoms with van der Waals surface area (Å²) in [6, 6.07) is 7.92. The molecule has 0 amide bonds. The first kappa shape index (κ1) is 17.5. The number of hydrogen-bond donors (Lipinski definition) is 1. The van der Waals surface area contributed by atoms with E-state index < -0.39 is 0 Å². The number of carbonyl (C=O) groups is 1. The number of nitrogens with zero attached hydrogens (tertiary/aromatic N) is 1. The van der Waals surface area contributed by atoms with Gasteiger partial charge in [-0.15, -0.1) is 11.3 Å². The smallest absolute Gasteiger partial charge is 0.169 e. The van der Waals surface area contributed by atoms with E-state index in [0.29, 0.717) is 6.61 Å². The number of fused-ring (bicyclic) bond motifs is 3. The lowest BCUT2D eigenvalue weighted by atomic mass is 9.74. The van der Waals surface area contributed by atoms with Crippen LogP contribution >= 0.6 is 11.3 Å². The molecule has 26 heavy (non-hydrogen) atoms. The lowest BCUT2D eigenvalue weighted by Gasteiger charge is -2.38. The summed E-state index contributed by atoms with van der Waals surface area (Å²) >= 11 is 1.50. The van der Waals surface area contributed by atoms with Crippen LogP contribution in [0.3, 0.4) is 0 Å². The minimum absolute atomic E-state index is 0.0992. The summed E-state index contributed by atoms with van der Waals surface area (Å²) in [4.78, 5) is 14.7. The van der Waals surface area contributed by atoms with Crippen molar-refractivity contribution in [1.82, 2.24) is 4.90 Å². The molecule has 6 heteroatoms. The van der Waals surface area contributed by atoms with E-state index in [4.69, 9.17) is 9.47 Å². The fourth-order valence-corrected chi connectivity index (χ4v) is 4.96. The lowest BCUT2D eigenvalue weighted by molar-refractivity contribution is 0.0456. The number of methoxy groups -OCH3 is 1. The highest BCUT2D eigenvalue weighted by atomic mass is 32.1. The summed E-state index contributed by atoms with van der Waals surface area (Å²) in [6.45, 7) is 4.64. The highest BCUT2D eigenvalue weighted by Gasteiger charge is 2.50. The Morgan fingerprint density at radius 2 is 2.31 bits per heavy atom. The minimum Gasteiger partial charge on any atom is -0.497 e. The van der Waals surface area contributed by atoms with Crippen molar-refractivity contribution in [2.75, 3.05) is 33.4 Å². The molecule has 2 atom stereocenters. The average Bonchev–Trinajstić information content (AvgIpc) is 3.26. The Morgan fingerprint density at radius 3 is 3.00 bits per heavy atom. The fourth-order valence-electron chi connectivity index (χ4n) is 4.15. The van der Waals surface area contributed by atoms with Gasteiger partial charge in [0.15, 0.2) is 5.78 Å². The summed E-state index contributed by atoms with van der Waals surface area (Å²) in [5, 5.41) is 12.2. The van der Waals surface area contributed by atoms with Crippen LogP contribution in [-0.4, -0.2) is 49.2 Å². The number of carbonyl (C=O) groups excluding carboxylic acids is 1. The molecule has 1 fully saturated rings. The molecule has 0 bridgehead atoms. The molecule has 1 aromatic carbocycles. The molecule has 1 aromatic heterocycles. The van der Waals surface area contributed by atoms with Gasteiger partial charge in [0, 0.05) is 37.0 Å². The molecular formula is C20H23NO4S. The van der Waals surface area contributed by atoms with E-state index in [-0.39, 0.29) is 23.7 Å². The number of hydrogen-bond acceptors (Lipinski definition) is 6. The number of thiophene rings is 1. The third-order valence-corrected chi connectivity index (χ3v) is 6.63. The molecule has 1 N–H and O–H groups in total. The van der Waals surface area contributed by atoms with E-state index >= 15 is 0 Å². The molecule has 138 valence electrons. The van der Waals surface area contributed by atoms with Crippen LogP contribution in [0.2, 0.25) is 0 Å². The van der Waals surface area contributed by atoms with E-state index in [2.05, 4.69) is 16.3 Å². The summed E-state index contributed by atoms with van der Waals surface area (Å²) in [5.74, 6) is 1.98. The largest absolute Gasteiger partial charge is 0.497 e. The Balaban J connectivity index is 1.58. The van der Waals surface area contributed by atoms with E-state index in [1.807, 2.05) is 18.2 Å². The van der Waals surface area contributed by atoms with Crippen molar-refractivity contribution in [2.45, 2.75) is 19.4 Å². The molecule has 2 unspecified atom stereocenters. The maximum Gasteiger partial charge on any atom is 0.169 e. The number of aliphatic hydroxyl groups excluding tert-OH is 1. The zero-order valence-corrected chi connectivity index (χ0v) is 15.8. The maximum atomic E-state index is 11.5. The maximum absolute atomic E-state index is 11.5. The zero-order valence-electron chi connectivity index (χ0n) is 15.0. The van der Waals surface area contributed by atoms with Crippen molar-refractivity contribution < 1.29 is 19.4 Å². The molecule has 2 aliphatic rings. The van der Waals surface area contributed by atoms with Gasteiger partial charge in [0.2, 0.25) is 0 Å². The van der Waals surface area contributed by atoms with E-state index in [1.54, 1.807) is 14.0 Å². The van der Waals surface area contributed by atoms with Crippen molar-refractivity contribution in [1.29, 1.82) is 0 Å². The van der Waals surface area contributed by atoms with Crippen molar-refractivity contribution in [3.63, 3.8) is 0 Å². The van der Waals surface area contributed by atoms with Gasteiger partial charge in [0.05, 0.1) is 25.2 Å². The average molecular weight is 373 g/mol. The number of rotatable bonds is 5. The molecule has 1 saturated heterocycles. The second-order valence-electron chi connectivity index (χ2n) is 7.31. The summed E-state index contributed by atoms with van der Waals surface area (Å²) in [6.07, 6.45) is 0. The Bertz CT molecular complexity index is 833. The van der Waals surface area contributed by atoms with Crippen molar-refractivity contribution >= 4 is 17.1 Å². The molecule has 2 aromatic rings. The summed E-state index contributed by atoms with van der Waals surface area (Å²) < 4.78 is 11.3. The summed E-state index contributed by atoms with van der Waals surface area (Å²) in [7, 11) is 1.65. The summed E-state index contributed by atoms with van der Waals surface area (Å²) in [5.41, 5.74) is 2.02. The molecule has 5 nitrogen and oxygen atoms in total. The van der Waals surface area contributed by atoms with Gasteiger partial charge < -0.3 is 14.6 Å². The molecule has 4 rings (SSSR count). The van der Waals surface area contributed by atoms with Crippen LogP contribution in [0.15, 0.2) is 29.6 Å². The highest BCUT2D eigenvalue weighted by Crippen LogP contribution is 2.50. The van der Waals surface area contributed by atoms with Gasteiger partial charge >= 0.3 is 0 Å². The predicted molar refractivity (Wildman–Crippen MR) is 100 cm³/mol. The van der Waals surface area contributed by atoms with Crippen LogP contribution in [0.4, 0.5) is 0 Å². The fraction of sp³-hybridized carbons (Fsp3) is 0.450. The molecular weight excluding hydrogens is 350 g/mol. The van der Waals surface area contributed by atoms with Crippen LogP contribution in [0.25, 0.3) is 0 Å². The van der Waals surface area contributed by atoms with Crippen molar-refractivity contribution in [3.8, 4) is 11.5 Å². The number of benzene rings is 1. The lowest BCUT2D eigenvalue weighted by Crippen LogP contribution is -2.42. The van der Waals surface area contributed by atoms with Crippen LogP contribution in [0.1, 0.15) is 33.6 Å². The molecule has 0 spiro atoms. The van der Waals surface area contributed by atoms with Gasteiger partial charge in [-0.25, -0.2) is 0 Å². The second kappa shape index (κ2) is 6.68. The Hall–Kier alpha value is -1.89. The number of ether oxygens (including phenoxy) is 2. The molecule has 0 radical (unpaired) electrons. The quantitative estimate of drug-likeness (QED) is 0.817. The second-order valence-corrected chi connectivity index (χ2v) is 8.22. The first-order valence-electron chi connectivity index (χ1n) is 8.77. The topological polar surface area (TPSA) is 59.0 Å². The van der Waals surface area contributed by atoms with Gasteiger partial charge in [0.1, 0.15) is 11.5 Å². The monoisotopic (exact) mass is 373 g/mol. The van der Waals surface area contributed by atoms with Gasteiger partial charge in [-0.2, -0.15) is 0 Å². The minimum atomic E-state index is -0.277. The van der Waals surface area contributed by atoms with E-state index in [9.17, 15) is 9.90 Å². The Labute approximate surface area is 157 Å². The van der Waals surface area contributed by atoms with Gasteiger partial charge in [-0.1, -0.05) is 6.07 Å². The standard InChI is InChI=1S/C20H23NO4S/c1-13(23)19-5-14(9-26-19)7-21-8-17-16-4-3-15(24-2)6-18(16)25-12-20(17,10-21)11-22/h3-6,9,17,22H,7-8,10-12H2,1-2H3. The normalized spacial score (nSPS) is 24.7. The van der Waals surface area contributed by atoms with Gasteiger partial charge in [-0.3, -0.25) is 9.69 Å². The zero-order chi connectivity index (χ0) is 18.3. The van der Waals surface area contributed by atoms with Crippen LogP contribution < -0.4 is 9.47 Å². The number of Topliss-reactive ketones (excluding diaryl/α,β-unsaturated/α-hetero) is 1. The number of aliphatic hydroxyl groups is 1. The van der Waals surface area contributed by atoms with E-state index in [0.717, 1.165) is 47.1 Å². The van der Waals surface area contributed by atoms with Gasteiger partial charge in [-0.05, 0) is 35.6 Å². The third-order valence-electron chi connectivity index (χ3n) is 5.55. The Morgan fingerprint density at radius 1 is 1.46 bits per heavy atom. The molecule has 0 aliphatic carbocycles. The Kier molecular flexibility index (Phi) is 4.50. The third kappa shape index (κ3) is 2.92. The molecule has 0 saturated carbocycles. The van der Waals surface area contributed by atoms with Crippen LogP contribution in [0.5, 0.6) is 11.5 Å².